The molecule has 1 saturated heterocycles. The first-order valence-electron chi connectivity index (χ1n) is 9.45. The van der Waals surface area contributed by atoms with Crippen LogP contribution >= 0.6 is 0 Å². The maximum absolute atomic E-state index is 5.33. The average molecular weight is 348 g/mol. The van der Waals surface area contributed by atoms with Crippen LogP contribution in [0, 0.1) is 5.92 Å². The lowest BCUT2D eigenvalue weighted by Crippen LogP contribution is -2.37. The van der Waals surface area contributed by atoms with Gasteiger partial charge >= 0.3 is 0 Å². The number of piperidine rings is 1. The number of nitrogens with one attached hydrogen (secondary N) is 2. The van der Waals surface area contributed by atoms with E-state index in [1.165, 1.54) is 12.8 Å². The standard InChI is InChI=1S/C19H33N5O/c1-4-25-13-5-10-21-19(20-3)23-15-17-6-7-18(22-14-17)24-11-8-16(2)9-12-24/h6-7,14,16H,4-5,8-13,15H2,1-3H3,(H2,20,21,23). The highest BCUT2D eigenvalue weighted by atomic mass is 16.5. The van der Waals surface area contributed by atoms with Crippen molar-refractivity contribution in [1.82, 2.24) is 15.6 Å². The molecular formula is C19H33N5O. The Morgan fingerprint density at radius 1 is 1.32 bits per heavy atom. The first-order valence-corrected chi connectivity index (χ1v) is 9.45. The molecule has 6 nitrogen and oxygen atoms in total. The molecule has 2 N–H and O–H groups in total. The van der Waals surface area contributed by atoms with E-state index in [1.54, 1.807) is 7.05 Å². The summed E-state index contributed by atoms with van der Waals surface area (Å²) < 4.78 is 5.33. The second-order valence-corrected chi connectivity index (χ2v) is 6.60. The molecule has 0 bridgehead atoms. The predicted octanol–water partition coefficient (Wildman–Crippen LogP) is 2.41. The monoisotopic (exact) mass is 347 g/mol. The summed E-state index contributed by atoms with van der Waals surface area (Å²) in [5, 5.41) is 6.62. The number of hydrogen-bond donors (Lipinski definition) is 2. The Labute approximate surface area is 152 Å². The number of ether oxygens (including phenoxy) is 1. The fraction of sp³-hybridized carbons (Fsp3) is 0.684. The zero-order valence-corrected chi connectivity index (χ0v) is 15.9. The SMILES string of the molecule is CCOCCCNC(=NC)NCc1ccc(N2CCC(C)CC2)nc1. The van der Waals surface area contributed by atoms with Crippen LogP contribution in [0.25, 0.3) is 0 Å². The van der Waals surface area contributed by atoms with Gasteiger partial charge in [0.25, 0.3) is 0 Å². The van der Waals surface area contributed by atoms with Crippen molar-refractivity contribution < 1.29 is 4.74 Å². The van der Waals surface area contributed by atoms with Crippen molar-refractivity contribution in [3.8, 4) is 0 Å². The highest BCUT2D eigenvalue weighted by Gasteiger charge is 2.16. The van der Waals surface area contributed by atoms with E-state index in [1.807, 2.05) is 13.1 Å². The number of hydrogen-bond acceptors (Lipinski definition) is 4. The summed E-state index contributed by atoms with van der Waals surface area (Å²) >= 11 is 0. The van der Waals surface area contributed by atoms with E-state index in [0.717, 1.165) is 69.1 Å². The van der Waals surface area contributed by atoms with Gasteiger partial charge in [-0.25, -0.2) is 4.98 Å². The van der Waals surface area contributed by atoms with E-state index in [-0.39, 0.29) is 0 Å². The molecule has 2 heterocycles. The third kappa shape index (κ3) is 6.90. The Hall–Kier alpha value is -1.82. The topological polar surface area (TPSA) is 61.8 Å². The summed E-state index contributed by atoms with van der Waals surface area (Å²) in [7, 11) is 1.79. The summed E-state index contributed by atoms with van der Waals surface area (Å²) in [4.78, 5) is 11.3. The van der Waals surface area contributed by atoms with Crippen LogP contribution in [0.1, 0.15) is 38.7 Å². The molecule has 1 aromatic rings. The van der Waals surface area contributed by atoms with Crippen molar-refractivity contribution in [2.45, 2.75) is 39.7 Å². The molecule has 0 radical (unpaired) electrons. The van der Waals surface area contributed by atoms with Gasteiger partial charge in [-0.1, -0.05) is 13.0 Å². The maximum Gasteiger partial charge on any atom is 0.191 e. The minimum atomic E-state index is 0.718. The fourth-order valence-electron chi connectivity index (χ4n) is 2.88. The summed E-state index contributed by atoms with van der Waals surface area (Å²) in [6.07, 6.45) is 5.45. The lowest BCUT2D eigenvalue weighted by molar-refractivity contribution is 0.145. The molecule has 0 amide bonds. The van der Waals surface area contributed by atoms with Gasteiger partial charge in [-0.2, -0.15) is 0 Å². The van der Waals surface area contributed by atoms with E-state index in [0.29, 0.717) is 0 Å². The minimum Gasteiger partial charge on any atom is -0.382 e. The zero-order valence-electron chi connectivity index (χ0n) is 15.9. The summed E-state index contributed by atoms with van der Waals surface area (Å²) in [6.45, 7) is 9.69. The van der Waals surface area contributed by atoms with E-state index in [4.69, 9.17) is 4.74 Å². The Morgan fingerprint density at radius 3 is 2.76 bits per heavy atom. The number of nitrogens with zero attached hydrogens (tertiary/aromatic N) is 3. The predicted molar refractivity (Wildman–Crippen MR) is 104 cm³/mol. The van der Waals surface area contributed by atoms with Crippen LogP contribution in [-0.2, 0) is 11.3 Å². The molecule has 1 fully saturated rings. The largest absolute Gasteiger partial charge is 0.382 e. The Bertz CT molecular complexity index is 509. The van der Waals surface area contributed by atoms with Gasteiger partial charge in [-0.3, -0.25) is 4.99 Å². The van der Waals surface area contributed by atoms with Crippen molar-refractivity contribution in [2.75, 3.05) is 44.8 Å². The fourth-order valence-corrected chi connectivity index (χ4v) is 2.88. The molecule has 1 aromatic heterocycles. The quantitative estimate of drug-likeness (QED) is 0.430. The highest BCUT2D eigenvalue weighted by Crippen LogP contribution is 2.21. The molecule has 6 heteroatoms. The third-order valence-electron chi connectivity index (χ3n) is 4.56. The molecule has 140 valence electrons. The molecule has 1 aliphatic rings. The van der Waals surface area contributed by atoms with E-state index in [2.05, 4.69) is 44.6 Å². The first-order chi connectivity index (χ1) is 12.2. The van der Waals surface area contributed by atoms with Gasteiger partial charge in [0, 0.05) is 52.6 Å². The van der Waals surface area contributed by atoms with Crippen LogP contribution in [0.3, 0.4) is 0 Å². The highest BCUT2D eigenvalue weighted by molar-refractivity contribution is 5.79. The van der Waals surface area contributed by atoms with Crippen LogP contribution in [-0.4, -0.2) is 50.8 Å². The number of aromatic nitrogens is 1. The van der Waals surface area contributed by atoms with Gasteiger partial charge in [0.15, 0.2) is 5.96 Å². The Morgan fingerprint density at radius 2 is 2.12 bits per heavy atom. The van der Waals surface area contributed by atoms with Gasteiger partial charge in [0.1, 0.15) is 5.82 Å². The molecule has 1 aliphatic heterocycles. The van der Waals surface area contributed by atoms with Gasteiger partial charge in [0.2, 0.25) is 0 Å². The molecule has 0 aliphatic carbocycles. The number of rotatable bonds is 8. The smallest absolute Gasteiger partial charge is 0.191 e. The molecule has 0 unspecified atom stereocenters. The van der Waals surface area contributed by atoms with Crippen LogP contribution in [0.4, 0.5) is 5.82 Å². The van der Waals surface area contributed by atoms with Crippen molar-refractivity contribution in [3.63, 3.8) is 0 Å². The van der Waals surface area contributed by atoms with Gasteiger partial charge < -0.3 is 20.3 Å². The molecular weight excluding hydrogens is 314 g/mol. The van der Waals surface area contributed by atoms with E-state index in [9.17, 15) is 0 Å². The van der Waals surface area contributed by atoms with Crippen LogP contribution < -0.4 is 15.5 Å². The molecule has 0 atom stereocenters. The lowest BCUT2D eigenvalue weighted by atomic mass is 9.99. The van der Waals surface area contributed by atoms with Gasteiger partial charge in [-0.15, -0.1) is 0 Å². The number of aliphatic imine (C=N–C) groups is 1. The number of pyridine rings is 1. The summed E-state index contributed by atoms with van der Waals surface area (Å²) in [5.74, 6) is 2.74. The first kappa shape index (κ1) is 19.5. The molecule has 0 aromatic carbocycles. The number of anilines is 1. The van der Waals surface area contributed by atoms with E-state index >= 15 is 0 Å². The normalized spacial score (nSPS) is 16.1. The molecule has 0 saturated carbocycles. The van der Waals surface area contributed by atoms with Crippen LogP contribution in [0.5, 0.6) is 0 Å². The Balaban J connectivity index is 1.73. The van der Waals surface area contributed by atoms with Crippen LogP contribution in [0.2, 0.25) is 0 Å². The summed E-state index contributed by atoms with van der Waals surface area (Å²) in [5.41, 5.74) is 1.16. The van der Waals surface area contributed by atoms with Crippen molar-refractivity contribution in [1.29, 1.82) is 0 Å². The average Bonchev–Trinajstić information content (AvgIpc) is 2.65. The number of guanidine groups is 1. The lowest BCUT2D eigenvalue weighted by Gasteiger charge is -2.31. The second-order valence-electron chi connectivity index (χ2n) is 6.60. The van der Waals surface area contributed by atoms with Crippen molar-refractivity contribution in [3.05, 3.63) is 23.9 Å². The second kappa shape index (κ2) is 10.9. The molecule has 25 heavy (non-hydrogen) atoms. The van der Waals surface area contributed by atoms with Crippen molar-refractivity contribution in [2.24, 2.45) is 10.9 Å². The van der Waals surface area contributed by atoms with Gasteiger partial charge in [-0.05, 0) is 43.7 Å². The molecule has 2 rings (SSSR count). The summed E-state index contributed by atoms with van der Waals surface area (Å²) in [6, 6.07) is 4.28. The third-order valence-corrected chi connectivity index (χ3v) is 4.56. The van der Waals surface area contributed by atoms with Gasteiger partial charge in [0.05, 0.1) is 0 Å². The minimum absolute atomic E-state index is 0.718. The van der Waals surface area contributed by atoms with E-state index < -0.39 is 0 Å². The Kier molecular flexibility index (Phi) is 8.52. The maximum atomic E-state index is 5.33. The zero-order chi connectivity index (χ0) is 17.9. The molecule has 0 spiro atoms. The van der Waals surface area contributed by atoms with Crippen LogP contribution in [0.15, 0.2) is 23.3 Å². The van der Waals surface area contributed by atoms with Crippen molar-refractivity contribution >= 4 is 11.8 Å².